The zero-order chi connectivity index (χ0) is 15.2. The number of fused-ring (bicyclic) bond motifs is 1. The van der Waals surface area contributed by atoms with Crippen LogP contribution in [0.2, 0.25) is 0 Å². The van der Waals surface area contributed by atoms with E-state index < -0.39 is 0 Å². The van der Waals surface area contributed by atoms with Gasteiger partial charge in [-0.15, -0.1) is 0 Å². The predicted molar refractivity (Wildman–Crippen MR) is 92.3 cm³/mol. The maximum absolute atomic E-state index is 5.72. The second-order valence-corrected chi connectivity index (χ2v) is 6.52. The summed E-state index contributed by atoms with van der Waals surface area (Å²) in [6.07, 6.45) is 3.97. The molecule has 2 heterocycles. The minimum absolute atomic E-state index is 0.592. The highest BCUT2D eigenvalue weighted by atomic mass is 79.9. The van der Waals surface area contributed by atoms with Crippen molar-refractivity contribution >= 4 is 32.5 Å². The van der Waals surface area contributed by atoms with Gasteiger partial charge in [0.2, 0.25) is 0 Å². The van der Waals surface area contributed by atoms with Crippen molar-refractivity contribution in [1.82, 2.24) is 4.98 Å². The average molecular weight is 365 g/mol. The Morgan fingerprint density at radius 2 is 2.32 bits per heavy atom. The molecule has 1 aromatic heterocycles. The van der Waals surface area contributed by atoms with E-state index in [-0.39, 0.29) is 0 Å². The largest absolute Gasteiger partial charge is 0.384 e. The minimum Gasteiger partial charge on any atom is -0.384 e. The van der Waals surface area contributed by atoms with Gasteiger partial charge in [0.1, 0.15) is 0 Å². The van der Waals surface area contributed by atoms with Crippen LogP contribution >= 0.6 is 15.9 Å². The lowest BCUT2D eigenvalue weighted by atomic mass is 10.1. The quantitative estimate of drug-likeness (QED) is 0.757. The number of pyridine rings is 1. The van der Waals surface area contributed by atoms with E-state index in [9.17, 15) is 0 Å². The van der Waals surface area contributed by atoms with Gasteiger partial charge < -0.3 is 14.8 Å². The average Bonchev–Trinajstić information content (AvgIpc) is 3.04. The molecule has 0 saturated carbocycles. The van der Waals surface area contributed by atoms with Crippen molar-refractivity contribution in [3.8, 4) is 0 Å². The Bertz CT molecular complexity index is 615. The van der Waals surface area contributed by atoms with Crippen molar-refractivity contribution < 1.29 is 9.47 Å². The van der Waals surface area contributed by atoms with Gasteiger partial charge in [0.05, 0.1) is 18.7 Å². The monoisotopic (exact) mass is 364 g/mol. The molecule has 1 aliphatic rings. The fourth-order valence-corrected chi connectivity index (χ4v) is 3.00. The number of hydrogen-bond acceptors (Lipinski definition) is 4. The van der Waals surface area contributed by atoms with Gasteiger partial charge in [0, 0.05) is 47.4 Å². The normalized spacial score (nSPS) is 18.0. The Kier molecular flexibility index (Phi) is 5.64. The smallest absolute Gasteiger partial charge is 0.0723 e. The van der Waals surface area contributed by atoms with Crippen LogP contribution in [0.1, 0.15) is 12.8 Å². The van der Waals surface area contributed by atoms with Crippen molar-refractivity contribution in [3.63, 3.8) is 0 Å². The van der Waals surface area contributed by atoms with E-state index in [1.807, 2.05) is 24.4 Å². The lowest BCUT2D eigenvalue weighted by Gasteiger charge is -2.11. The molecule has 2 aromatic rings. The van der Waals surface area contributed by atoms with Gasteiger partial charge in [-0.1, -0.05) is 15.9 Å². The summed E-state index contributed by atoms with van der Waals surface area (Å²) in [6, 6.07) is 8.16. The summed E-state index contributed by atoms with van der Waals surface area (Å²) in [4.78, 5) is 4.39. The number of benzene rings is 1. The fraction of sp³-hybridized carbons (Fsp3) is 0.471. The summed E-state index contributed by atoms with van der Waals surface area (Å²) in [5, 5.41) is 4.62. The van der Waals surface area contributed by atoms with E-state index in [2.05, 4.69) is 32.3 Å². The van der Waals surface area contributed by atoms with Gasteiger partial charge >= 0.3 is 0 Å². The van der Waals surface area contributed by atoms with Crippen molar-refractivity contribution in [2.75, 3.05) is 38.3 Å². The molecule has 1 fully saturated rings. The Labute approximate surface area is 139 Å². The van der Waals surface area contributed by atoms with Gasteiger partial charge in [0.15, 0.2) is 0 Å². The number of rotatable bonds is 7. The highest BCUT2D eigenvalue weighted by Gasteiger charge is 2.15. The maximum Gasteiger partial charge on any atom is 0.0723 e. The first kappa shape index (κ1) is 15.7. The number of nitrogens with one attached hydrogen (secondary N) is 1. The molecule has 0 spiro atoms. The summed E-state index contributed by atoms with van der Waals surface area (Å²) in [5.74, 6) is 0.592. The number of nitrogens with zero attached hydrogens (tertiary/aromatic N) is 1. The van der Waals surface area contributed by atoms with Gasteiger partial charge in [-0.05, 0) is 37.1 Å². The second-order valence-electron chi connectivity index (χ2n) is 5.60. The van der Waals surface area contributed by atoms with Crippen LogP contribution in [0.15, 0.2) is 34.9 Å². The van der Waals surface area contributed by atoms with E-state index in [4.69, 9.17) is 9.47 Å². The van der Waals surface area contributed by atoms with Crippen LogP contribution in [0.3, 0.4) is 0 Å². The summed E-state index contributed by atoms with van der Waals surface area (Å²) in [6.45, 7) is 4.25. The van der Waals surface area contributed by atoms with E-state index >= 15 is 0 Å². The Morgan fingerprint density at radius 3 is 3.18 bits per heavy atom. The first-order valence-corrected chi connectivity index (χ1v) is 8.56. The summed E-state index contributed by atoms with van der Waals surface area (Å²) < 4.78 is 12.1. The fourth-order valence-electron chi connectivity index (χ4n) is 2.63. The molecule has 118 valence electrons. The van der Waals surface area contributed by atoms with Crippen molar-refractivity contribution in [3.05, 3.63) is 34.9 Å². The van der Waals surface area contributed by atoms with Crippen LogP contribution in [0.4, 0.5) is 5.69 Å². The molecule has 0 aliphatic carbocycles. The van der Waals surface area contributed by atoms with Crippen molar-refractivity contribution in [2.45, 2.75) is 12.8 Å². The van der Waals surface area contributed by atoms with Crippen LogP contribution in [0, 0.1) is 5.92 Å². The molecule has 4 nitrogen and oxygen atoms in total. The van der Waals surface area contributed by atoms with E-state index in [1.54, 1.807) is 0 Å². The van der Waals surface area contributed by atoms with Crippen LogP contribution in [0.5, 0.6) is 0 Å². The number of ether oxygens (including phenoxy) is 2. The molecule has 1 atom stereocenters. The third kappa shape index (κ3) is 4.18. The van der Waals surface area contributed by atoms with E-state index in [0.717, 1.165) is 66.9 Å². The van der Waals surface area contributed by atoms with Crippen molar-refractivity contribution in [1.29, 1.82) is 0 Å². The predicted octanol–water partition coefficient (Wildman–Crippen LogP) is 3.85. The second kappa shape index (κ2) is 7.90. The van der Waals surface area contributed by atoms with Crippen LogP contribution in [-0.4, -0.2) is 38.0 Å². The molecule has 1 unspecified atom stereocenters. The molecule has 3 rings (SSSR count). The van der Waals surface area contributed by atoms with Crippen LogP contribution < -0.4 is 5.32 Å². The van der Waals surface area contributed by atoms with Gasteiger partial charge in [-0.25, -0.2) is 0 Å². The summed E-state index contributed by atoms with van der Waals surface area (Å²) >= 11 is 3.52. The highest BCUT2D eigenvalue weighted by Crippen LogP contribution is 2.25. The van der Waals surface area contributed by atoms with Crippen molar-refractivity contribution in [2.24, 2.45) is 5.92 Å². The van der Waals surface area contributed by atoms with Gasteiger partial charge in [0.25, 0.3) is 0 Å². The van der Waals surface area contributed by atoms with Crippen LogP contribution in [0.25, 0.3) is 10.9 Å². The first-order valence-electron chi connectivity index (χ1n) is 7.76. The topological polar surface area (TPSA) is 43.4 Å². The first-order chi connectivity index (χ1) is 10.8. The SMILES string of the molecule is Brc1ccc2nccc(NCCCOCC3CCOC3)c2c1. The molecule has 1 N–H and O–H groups in total. The molecular formula is C17H21BrN2O2. The standard InChI is InChI=1S/C17H21BrN2O2/c18-14-2-3-16-15(10-14)17(4-7-20-16)19-6-1-8-21-11-13-5-9-22-12-13/h2-4,7,10,13H,1,5-6,8-9,11-12H2,(H,19,20). The zero-order valence-corrected chi connectivity index (χ0v) is 14.1. The third-order valence-corrected chi connectivity index (χ3v) is 4.36. The zero-order valence-electron chi connectivity index (χ0n) is 12.6. The maximum atomic E-state index is 5.72. The lowest BCUT2D eigenvalue weighted by molar-refractivity contribution is 0.0897. The molecule has 0 radical (unpaired) electrons. The number of anilines is 1. The molecule has 0 bridgehead atoms. The Hall–Kier alpha value is -1.17. The molecule has 1 saturated heterocycles. The number of aromatic nitrogens is 1. The molecular weight excluding hydrogens is 344 g/mol. The molecule has 5 heteroatoms. The number of hydrogen-bond donors (Lipinski definition) is 1. The Balaban J connectivity index is 1.44. The van der Waals surface area contributed by atoms with Gasteiger partial charge in [-0.2, -0.15) is 0 Å². The lowest BCUT2D eigenvalue weighted by Crippen LogP contribution is -2.12. The summed E-state index contributed by atoms with van der Waals surface area (Å²) in [7, 11) is 0. The molecule has 22 heavy (non-hydrogen) atoms. The molecule has 1 aromatic carbocycles. The van der Waals surface area contributed by atoms with E-state index in [0.29, 0.717) is 5.92 Å². The number of halogens is 1. The molecule has 0 amide bonds. The summed E-state index contributed by atoms with van der Waals surface area (Å²) in [5.41, 5.74) is 2.13. The van der Waals surface area contributed by atoms with Gasteiger partial charge in [-0.3, -0.25) is 4.98 Å². The molecule has 1 aliphatic heterocycles. The third-order valence-electron chi connectivity index (χ3n) is 3.86. The van der Waals surface area contributed by atoms with E-state index in [1.165, 1.54) is 0 Å². The minimum atomic E-state index is 0.592. The Morgan fingerprint density at radius 1 is 1.36 bits per heavy atom. The van der Waals surface area contributed by atoms with Crippen LogP contribution in [-0.2, 0) is 9.47 Å². The highest BCUT2D eigenvalue weighted by molar-refractivity contribution is 9.10.